The maximum absolute atomic E-state index is 5.83. The van der Waals surface area contributed by atoms with E-state index in [-0.39, 0.29) is 0 Å². The van der Waals surface area contributed by atoms with Crippen LogP contribution in [0.2, 0.25) is 0 Å². The number of aromatic nitrogens is 2. The van der Waals surface area contributed by atoms with Crippen LogP contribution in [0.5, 0.6) is 5.75 Å². The van der Waals surface area contributed by atoms with E-state index < -0.39 is 0 Å². The highest BCUT2D eigenvalue weighted by Crippen LogP contribution is 2.23. The summed E-state index contributed by atoms with van der Waals surface area (Å²) < 4.78 is 7.63. The molecule has 0 N–H and O–H groups in total. The molecule has 1 aromatic heterocycles. The first-order valence-electron chi connectivity index (χ1n) is 6.44. The standard InChI is InChI=1S/C15H21N3O/c1-12(17(2)3)11-19-15-7-5-6-13(8-15)14-9-16-18(4)10-14/h5-10,12H,11H2,1-4H3. The summed E-state index contributed by atoms with van der Waals surface area (Å²) in [5, 5.41) is 4.19. The van der Waals surface area contributed by atoms with E-state index in [9.17, 15) is 0 Å². The average Bonchev–Trinajstić information content (AvgIpc) is 2.83. The highest BCUT2D eigenvalue weighted by molar-refractivity contribution is 5.63. The molecule has 0 radical (unpaired) electrons. The largest absolute Gasteiger partial charge is 0.492 e. The molecule has 2 aromatic rings. The Kier molecular flexibility index (Phi) is 4.22. The molecule has 0 saturated heterocycles. The first-order valence-corrected chi connectivity index (χ1v) is 6.44. The molecule has 102 valence electrons. The fourth-order valence-electron chi connectivity index (χ4n) is 1.70. The molecule has 19 heavy (non-hydrogen) atoms. The summed E-state index contributed by atoms with van der Waals surface area (Å²) in [6.07, 6.45) is 3.86. The molecule has 0 aliphatic heterocycles. The van der Waals surface area contributed by atoms with E-state index in [4.69, 9.17) is 4.74 Å². The summed E-state index contributed by atoms with van der Waals surface area (Å²) >= 11 is 0. The predicted molar refractivity (Wildman–Crippen MR) is 77.3 cm³/mol. The van der Waals surface area contributed by atoms with Gasteiger partial charge in [-0.3, -0.25) is 4.68 Å². The van der Waals surface area contributed by atoms with Gasteiger partial charge in [0.25, 0.3) is 0 Å². The smallest absolute Gasteiger partial charge is 0.119 e. The zero-order chi connectivity index (χ0) is 13.8. The van der Waals surface area contributed by atoms with Crippen molar-refractivity contribution in [1.29, 1.82) is 0 Å². The molecule has 0 bridgehead atoms. The summed E-state index contributed by atoms with van der Waals surface area (Å²) in [4.78, 5) is 2.14. The molecule has 0 amide bonds. The van der Waals surface area contributed by atoms with Gasteiger partial charge in [0.2, 0.25) is 0 Å². The van der Waals surface area contributed by atoms with Gasteiger partial charge in [-0.2, -0.15) is 5.10 Å². The molecule has 0 spiro atoms. The van der Waals surface area contributed by atoms with E-state index in [1.54, 1.807) is 4.68 Å². The number of ether oxygens (including phenoxy) is 1. The van der Waals surface area contributed by atoms with Crippen molar-refractivity contribution in [3.05, 3.63) is 36.7 Å². The van der Waals surface area contributed by atoms with Crippen molar-refractivity contribution in [1.82, 2.24) is 14.7 Å². The van der Waals surface area contributed by atoms with E-state index in [2.05, 4.69) is 43.2 Å². The Morgan fingerprint density at radius 2 is 2.11 bits per heavy atom. The van der Waals surface area contributed by atoms with E-state index in [1.165, 1.54) is 0 Å². The fraction of sp³-hybridized carbons (Fsp3) is 0.400. The lowest BCUT2D eigenvalue weighted by molar-refractivity contribution is 0.198. The molecule has 1 heterocycles. The van der Waals surface area contributed by atoms with E-state index >= 15 is 0 Å². The van der Waals surface area contributed by atoms with Gasteiger partial charge in [0, 0.05) is 24.8 Å². The van der Waals surface area contributed by atoms with Crippen LogP contribution in [0.4, 0.5) is 0 Å². The molecule has 1 atom stereocenters. The van der Waals surface area contributed by atoms with Crippen molar-refractivity contribution in [2.24, 2.45) is 7.05 Å². The van der Waals surface area contributed by atoms with Gasteiger partial charge in [0.15, 0.2) is 0 Å². The second-order valence-corrected chi connectivity index (χ2v) is 5.05. The van der Waals surface area contributed by atoms with E-state index in [1.807, 2.05) is 31.6 Å². The molecule has 0 fully saturated rings. The molecule has 0 aliphatic rings. The van der Waals surface area contributed by atoms with Crippen molar-refractivity contribution in [2.75, 3.05) is 20.7 Å². The molecular weight excluding hydrogens is 238 g/mol. The van der Waals surface area contributed by atoms with Gasteiger partial charge >= 0.3 is 0 Å². The Morgan fingerprint density at radius 3 is 2.74 bits per heavy atom. The van der Waals surface area contributed by atoms with Crippen molar-refractivity contribution >= 4 is 0 Å². The first-order chi connectivity index (χ1) is 9.06. The average molecular weight is 259 g/mol. The minimum Gasteiger partial charge on any atom is -0.492 e. The molecule has 2 rings (SSSR count). The molecule has 0 saturated carbocycles. The van der Waals surface area contributed by atoms with Crippen molar-refractivity contribution in [3.8, 4) is 16.9 Å². The topological polar surface area (TPSA) is 30.3 Å². The maximum atomic E-state index is 5.83. The van der Waals surface area contributed by atoms with Crippen molar-refractivity contribution < 1.29 is 4.74 Å². The van der Waals surface area contributed by atoms with Crippen LogP contribution in [0.15, 0.2) is 36.7 Å². The van der Waals surface area contributed by atoms with E-state index in [0.717, 1.165) is 16.9 Å². The van der Waals surface area contributed by atoms with Crippen LogP contribution in [0, 0.1) is 0 Å². The highest BCUT2D eigenvalue weighted by Gasteiger charge is 2.06. The van der Waals surface area contributed by atoms with Gasteiger partial charge < -0.3 is 9.64 Å². The Balaban J connectivity index is 2.07. The quantitative estimate of drug-likeness (QED) is 0.826. The number of hydrogen-bond donors (Lipinski definition) is 0. The van der Waals surface area contributed by atoms with Crippen LogP contribution in [-0.2, 0) is 7.05 Å². The third-order valence-electron chi connectivity index (χ3n) is 3.24. The van der Waals surface area contributed by atoms with Crippen LogP contribution >= 0.6 is 0 Å². The minimum absolute atomic E-state index is 0.391. The lowest BCUT2D eigenvalue weighted by Gasteiger charge is -2.20. The summed E-state index contributed by atoms with van der Waals surface area (Å²) in [7, 11) is 6.03. The zero-order valence-electron chi connectivity index (χ0n) is 12.0. The molecule has 4 nitrogen and oxygen atoms in total. The number of benzene rings is 1. The number of nitrogens with zero attached hydrogens (tertiary/aromatic N) is 3. The van der Waals surface area contributed by atoms with Gasteiger partial charge in [0.1, 0.15) is 12.4 Å². The second kappa shape index (κ2) is 5.89. The lowest BCUT2D eigenvalue weighted by atomic mass is 10.1. The number of hydrogen-bond acceptors (Lipinski definition) is 3. The molecule has 4 heteroatoms. The van der Waals surface area contributed by atoms with Gasteiger partial charge in [0.05, 0.1) is 6.20 Å². The lowest BCUT2D eigenvalue weighted by Crippen LogP contribution is -2.30. The fourth-order valence-corrected chi connectivity index (χ4v) is 1.70. The normalized spacial score (nSPS) is 12.7. The Bertz CT molecular complexity index is 534. The summed E-state index contributed by atoms with van der Waals surface area (Å²) in [6.45, 7) is 2.83. The third kappa shape index (κ3) is 3.58. The Hall–Kier alpha value is -1.81. The van der Waals surface area contributed by atoms with Gasteiger partial charge in [-0.15, -0.1) is 0 Å². The molecule has 1 aromatic carbocycles. The minimum atomic E-state index is 0.391. The highest BCUT2D eigenvalue weighted by atomic mass is 16.5. The second-order valence-electron chi connectivity index (χ2n) is 5.05. The molecular formula is C15H21N3O. The van der Waals surface area contributed by atoms with Gasteiger partial charge in [-0.25, -0.2) is 0 Å². The van der Waals surface area contributed by atoms with Crippen LogP contribution in [-0.4, -0.2) is 41.4 Å². The third-order valence-corrected chi connectivity index (χ3v) is 3.24. The monoisotopic (exact) mass is 259 g/mol. The Labute approximate surface area is 114 Å². The molecule has 0 aliphatic carbocycles. The van der Waals surface area contributed by atoms with Crippen LogP contribution < -0.4 is 4.74 Å². The molecule has 1 unspecified atom stereocenters. The number of rotatable bonds is 5. The van der Waals surface area contributed by atoms with Crippen LogP contribution in [0.3, 0.4) is 0 Å². The summed E-state index contributed by atoms with van der Waals surface area (Å²) in [5.41, 5.74) is 2.23. The Morgan fingerprint density at radius 1 is 1.32 bits per heavy atom. The maximum Gasteiger partial charge on any atom is 0.119 e. The SMILES string of the molecule is CC(COc1cccc(-c2cnn(C)c2)c1)N(C)C. The van der Waals surface area contributed by atoms with Crippen molar-refractivity contribution in [2.45, 2.75) is 13.0 Å². The van der Waals surface area contributed by atoms with Gasteiger partial charge in [-0.05, 0) is 38.7 Å². The summed E-state index contributed by atoms with van der Waals surface area (Å²) in [5.74, 6) is 0.898. The van der Waals surface area contributed by atoms with Crippen molar-refractivity contribution in [3.63, 3.8) is 0 Å². The van der Waals surface area contributed by atoms with E-state index in [0.29, 0.717) is 12.6 Å². The van der Waals surface area contributed by atoms with Crippen LogP contribution in [0.25, 0.3) is 11.1 Å². The summed E-state index contributed by atoms with van der Waals surface area (Å²) in [6, 6.07) is 8.51. The van der Waals surface area contributed by atoms with Crippen LogP contribution in [0.1, 0.15) is 6.92 Å². The van der Waals surface area contributed by atoms with Gasteiger partial charge in [-0.1, -0.05) is 12.1 Å². The first kappa shape index (κ1) is 13.6. The number of aryl methyl sites for hydroxylation is 1. The predicted octanol–water partition coefficient (Wildman–Crippen LogP) is 2.42. The zero-order valence-corrected chi connectivity index (χ0v) is 12.0. The number of likely N-dealkylation sites (N-methyl/N-ethyl adjacent to an activating group) is 1.